The Morgan fingerprint density at radius 3 is 2.79 bits per heavy atom. The highest BCUT2D eigenvalue weighted by atomic mass is 32.1. The van der Waals surface area contributed by atoms with Gasteiger partial charge in [-0.15, -0.1) is 0 Å². The average molecular weight is 287 g/mol. The van der Waals surface area contributed by atoms with E-state index in [-0.39, 0.29) is 22.9 Å². The molecule has 0 bridgehead atoms. The Hall–Kier alpha value is -0.720. The maximum Gasteiger partial charge on any atom is 0.230 e. The third-order valence-electron chi connectivity index (χ3n) is 3.43. The maximum absolute atomic E-state index is 12.1. The first-order valence-corrected chi connectivity index (χ1v) is 7.27. The number of likely N-dealkylation sites (N-methyl/N-ethyl adjacent to an activating group) is 1. The van der Waals surface area contributed by atoms with Crippen LogP contribution in [0.2, 0.25) is 0 Å². The van der Waals surface area contributed by atoms with Gasteiger partial charge in [0.15, 0.2) is 0 Å². The number of morpholine rings is 1. The first-order valence-electron chi connectivity index (χ1n) is 6.86. The number of hydrogen-bond donors (Lipinski definition) is 2. The van der Waals surface area contributed by atoms with Crippen LogP contribution >= 0.6 is 12.2 Å². The molecule has 1 aliphatic heterocycles. The third-order valence-corrected chi connectivity index (χ3v) is 3.68. The highest BCUT2D eigenvalue weighted by Crippen LogP contribution is 2.12. The number of carbonyl (C=O) groups is 1. The number of rotatable bonds is 6. The Bertz CT molecular complexity index is 323. The number of ether oxygens (including phenoxy) is 1. The molecule has 110 valence electrons. The fourth-order valence-corrected chi connectivity index (χ4v) is 2.66. The number of nitrogens with zero attached hydrogens (tertiary/aromatic N) is 1. The third kappa shape index (κ3) is 5.04. The van der Waals surface area contributed by atoms with Gasteiger partial charge in [-0.3, -0.25) is 9.69 Å². The molecule has 19 heavy (non-hydrogen) atoms. The van der Waals surface area contributed by atoms with Gasteiger partial charge in [0.25, 0.3) is 0 Å². The molecule has 1 amide bonds. The van der Waals surface area contributed by atoms with E-state index < -0.39 is 5.92 Å². The highest BCUT2D eigenvalue weighted by Gasteiger charge is 2.26. The van der Waals surface area contributed by atoms with Crippen LogP contribution in [0, 0.1) is 11.8 Å². The monoisotopic (exact) mass is 287 g/mol. The van der Waals surface area contributed by atoms with Gasteiger partial charge in [-0.1, -0.05) is 33.0 Å². The number of hydrogen-bond acceptors (Lipinski definition) is 4. The molecule has 3 N–H and O–H groups in total. The molecule has 2 unspecified atom stereocenters. The predicted molar refractivity (Wildman–Crippen MR) is 80.0 cm³/mol. The van der Waals surface area contributed by atoms with E-state index >= 15 is 0 Å². The van der Waals surface area contributed by atoms with Crippen LogP contribution in [0.1, 0.15) is 20.8 Å². The summed E-state index contributed by atoms with van der Waals surface area (Å²) in [6.45, 7) is 10.1. The zero-order valence-electron chi connectivity index (χ0n) is 12.0. The molecule has 5 nitrogen and oxygen atoms in total. The van der Waals surface area contributed by atoms with E-state index in [0.717, 1.165) is 26.2 Å². The quantitative estimate of drug-likeness (QED) is 0.691. The normalized spacial score (nSPS) is 22.2. The van der Waals surface area contributed by atoms with E-state index in [4.69, 9.17) is 22.7 Å². The lowest BCUT2D eigenvalue weighted by Crippen LogP contribution is -2.49. The Kier molecular flexibility index (Phi) is 6.68. The van der Waals surface area contributed by atoms with Crippen LogP contribution in [0.25, 0.3) is 0 Å². The van der Waals surface area contributed by atoms with Gasteiger partial charge in [0.05, 0.1) is 23.6 Å². The number of thiocarbonyl (C=S) groups is 1. The first kappa shape index (κ1) is 16.3. The van der Waals surface area contributed by atoms with Crippen LogP contribution in [0.5, 0.6) is 0 Å². The van der Waals surface area contributed by atoms with E-state index in [1.165, 1.54) is 0 Å². The second-order valence-electron chi connectivity index (χ2n) is 5.26. The molecule has 0 aromatic rings. The summed E-state index contributed by atoms with van der Waals surface area (Å²) in [4.78, 5) is 14.6. The molecule has 0 radical (unpaired) electrons. The van der Waals surface area contributed by atoms with Crippen molar-refractivity contribution in [2.45, 2.75) is 26.9 Å². The summed E-state index contributed by atoms with van der Waals surface area (Å²) in [5, 5.41) is 2.90. The second kappa shape index (κ2) is 7.77. The lowest BCUT2D eigenvalue weighted by molar-refractivity contribution is -0.125. The number of carbonyl (C=O) groups excluding carboxylic acids is 1. The second-order valence-corrected chi connectivity index (χ2v) is 5.73. The smallest absolute Gasteiger partial charge is 0.230 e. The lowest BCUT2D eigenvalue weighted by Gasteiger charge is -2.32. The molecule has 0 aliphatic carbocycles. The van der Waals surface area contributed by atoms with E-state index in [1.807, 2.05) is 13.8 Å². The summed E-state index contributed by atoms with van der Waals surface area (Å²) >= 11 is 4.96. The van der Waals surface area contributed by atoms with Crippen LogP contribution in [-0.2, 0) is 9.53 Å². The Morgan fingerprint density at radius 1 is 1.58 bits per heavy atom. The summed E-state index contributed by atoms with van der Waals surface area (Å²) in [5.74, 6) is -0.391. The summed E-state index contributed by atoms with van der Waals surface area (Å²) in [6, 6.07) is 0. The van der Waals surface area contributed by atoms with E-state index in [2.05, 4.69) is 17.1 Å². The van der Waals surface area contributed by atoms with E-state index in [1.54, 1.807) is 0 Å². The Labute approximate surface area is 120 Å². The van der Waals surface area contributed by atoms with Crippen molar-refractivity contribution in [2.24, 2.45) is 17.6 Å². The highest BCUT2D eigenvalue weighted by molar-refractivity contribution is 7.80. The molecular formula is C13H25N3O2S. The number of amides is 1. The van der Waals surface area contributed by atoms with Crippen LogP contribution in [0.3, 0.4) is 0 Å². The van der Waals surface area contributed by atoms with Gasteiger partial charge in [-0.25, -0.2) is 0 Å². The molecule has 1 heterocycles. The SMILES string of the molecule is CCN1CCOC(CNC(=O)C(C(N)=S)C(C)C)C1. The fourth-order valence-electron chi connectivity index (χ4n) is 2.28. The molecule has 1 aliphatic rings. The lowest BCUT2D eigenvalue weighted by atomic mass is 9.95. The minimum atomic E-state index is -0.402. The minimum absolute atomic E-state index is 0.0526. The molecule has 1 fully saturated rings. The topological polar surface area (TPSA) is 67.6 Å². The summed E-state index contributed by atoms with van der Waals surface area (Å²) in [6.07, 6.45) is 0.0526. The van der Waals surface area contributed by atoms with Gasteiger partial charge < -0.3 is 15.8 Å². The zero-order chi connectivity index (χ0) is 14.4. The average Bonchev–Trinajstić information content (AvgIpc) is 2.35. The van der Waals surface area contributed by atoms with Crippen molar-refractivity contribution < 1.29 is 9.53 Å². The van der Waals surface area contributed by atoms with Crippen molar-refractivity contribution in [3.05, 3.63) is 0 Å². The Balaban J connectivity index is 2.42. The van der Waals surface area contributed by atoms with E-state index in [0.29, 0.717) is 6.54 Å². The van der Waals surface area contributed by atoms with Gasteiger partial charge in [0, 0.05) is 19.6 Å². The van der Waals surface area contributed by atoms with Gasteiger partial charge in [0.1, 0.15) is 0 Å². The standard InChI is InChI=1S/C13H25N3O2S/c1-4-16-5-6-18-10(8-16)7-15-13(17)11(9(2)3)12(14)19/h9-11H,4-8H2,1-3H3,(H2,14,19)(H,15,17). The van der Waals surface area contributed by atoms with Gasteiger partial charge in [0.2, 0.25) is 5.91 Å². The molecule has 1 rings (SSSR count). The number of nitrogens with two attached hydrogens (primary N) is 1. The predicted octanol–water partition coefficient (Wildman–Crippen LogP) is 0.382. The van der Waals surface area contributed by atoms with Crippen LogP contribution in [0.4, 0.5) is 0 Å². The Morgan fingerprint density at radius 2 is 2.26 bits per heavy atom. The molecule has 0 aromatic carbocycles. The maximum atomic E-state index is 12.1. The first-order chi connectivity index (χ1) is 8.95. The molecule has 0 aromatic heterocycles. The van der Waals surface area contributed by atoms with Crippen LogP contribution < -0.4 is 11.1 Å². The van der Waals surface area contributed by atoms with Crippen molar-refractivity contribution in [2.75, 3.05) is 32.8 Å². The van der Waals surface area contributed by atoms with Gasteiger partial charge in [-0.05, 0) is 12.5 Å². The molecular weight excluding hydrogens is 262 g/mol. The summed E-state index contributed by atoms with van der Waals surface area (Å²) in [7, 11) is 0. The van der Waals surface area contributed by atoms with Gasteiger partial charge >= 0.3 is 0 Å². The summed E-state index contributed by atoms with van der Waals surface area (Å²) in [5.41, 5.74) is 5.62. The molecule has 2 atom stereocenters. The number of nitrogens with one attached hydrogen (secondary N) is 1. The summed E-state index contributed by atoms with van der Waals surface area (Å²) < 4.78 is 5.64. The van der Waals surface area contributed by atoms with Crippen molar-refractivity contribution in [3.63, 3.8) is 0 Å². The van der Waals surface area contributed by atoms with Crippen molar-refractivity contribution in [1.82, 2.24) is 10.2 Å². The molecule has 0 saturated carbocycles. The van der Waals surface area contributed by atoms with Crippen molar-refractivity contribution in [3.8, 4) is 0 Å². The zero-order valence-corrected chi connectivity index (χ0v) is 12.8. The van der Waals surface area contributed by atoms with Crippen molar-refractivity contribution >= 4 is 23.1 Å². The van der Waals surface area contributed by atoms with E-state index in [9.17, 15) is 4.79 Å². The van der Waals surface area contributed by atoms with Gasteiger partial charge in [-0.2, -0.15) is 0 Å². The van der Waals surface area contributed by atoms with Crippen molar-refractivity contribution in [1.29, 1.82) is 0 Å². The largest absolute Gasteiger partial charge is 0.393 e. The van der Waals surface area contributed by atoms with Crippen LogP contribution in [-0.4, -0.2) is 54.7 Å². The fraction of sp³-hybridized carbons (Fsp3) is 0.846. The molecule has 1 saturated heterocycles. The molecule has 0 spiro atoms. The molecule has 6 heteroatoms. The minimum Gasteiger partial charge on any atom is -0.393 e. The van der Waals surface area contributed by atoms with Crippen LogP contribution in [0.15, 0.2) is 0 Å².